The molecule has 0 aliphatic heterocycles. The number of aliphatic hydroxyl groups excluding tert-OH is 1. The molecule has 0 aliphatic rings. The molecule has 4 heteroatoms. The highest BCUT2D eigenvalue weighted by Gasteiger charge is 2.03. The Balaban J connectivity index is 2.65. The summed E-state index contributed by atoms with van der Waals surface area (Å²) in [6.07, 6.45) is 2.34. The quantitative estimate of drug-likeness (QED) is 0.513. The summed E-state index contributed by atoms with van der Waals surface area (Å²) in [6.45, 7) is 2.69. The van der Waals surface area contributed by atoms with Crippen LogP contribution in [0, 0.1) is 0 Å². The molecule has 0 saturated heterocycles. The Bertz CT molecular complexity index is 346. The largest absolute Gasteiger partial charge is 0.403 e. The number of hydrogen-bond donors (Lipinski definition) is 3. The molecular weight excluding hydrogens is 202 g/mol. The van der Waals surface area contributed by atoms with Crippen LogP contribution in [0.15, 0.2) is 36.2 Å². The highest BCUT2D eigenvalue weighted by atomic mass is 16.3. The van der Waals surface area contributed by atoms with Gasteiger partial charge < -0.3 is 15.8 Å². The molecule has 0 bridgehead atoms. The molecule has 88 valence electrons. The number of rotatable bonds is 5. The van der Waals surface area contributed by atoms with Crippen LogP contribution in [-0.4, -0.2) is 10.1 Å². The van der Waals surface area contributed by atoms with E-state index < -0.39 is 0 Å². The van der Waals surface area contributed by atoms with Gasteiger partial charge in [0, 0.05) is 11.9 Å². The standard InChI is InChI=1S/C12H19N3O/c1-2-12(7-13)15(14)8-10-3-5-11(9-16)6-4-10/h3-7,16H,2,8-9,13-14H2,1H3/b12-7+. The van der Waals surface area contributed by atoms with Crippen molar-refractivity contribution in [2.45, 2.75) is 26.5 Å². The second-order valence-corrected chi connectivity index (χ2v) is 3.61. The molecule has 0 aliphatic carbocycles. The molecule has 16 heavy (non-hydrogen) atoms. The third-order valence-corrected chi connectivity index (χ3v) is 2.48. The fraction of sp³-hybridized carbons (Fsp3) is 0.333. The van der Waals surface area contributed by atoms with Crippen molar-refractivity contribution in [1.29, 1.82) is 0 Å². The summed E-state index contributed by atoms with van der Waals surface area (Å²) in [5.41, 5.74) is 8.37. The lowest BCUT2D eigenvalue weighted by Gasteiger charge is -2.20. The van der Waals surface area contributed by atoms with Gasteiger partial charge in [0.1, 0.15) is 0 Å². The van der Waals surface area contributed by atoms with E-state index in [1.165, 1.54) is 6.20 Å². The van der Waals surface area contributed by atoms with E-state index in [9.17, 15) is 0 Å². The topological polar surface area (TPSA) is 75.5 Å². The second-order valence-electron chi connectivity index (χ2n) is 3.61. The molecule has 0 saturated carbocycles. The zero-order valence-corrected chi connectivity index (χ0v) is 9.56. The molecule has 1 rings (SSSR count). The van der Waals surface area contributed by atoms with Crippen LogP contribution in [0.25, 0.3) is 0 Å². The van der Waals surface area contributed by atoms with E-state index in [-0.39, 0.29) is 6.61 Å². The van der Waals surface area contributed by atoms with Crippen LogP contribution in [-0.2, 0) is 13.2 Å². The second kappa shape index (κ2) is 6.15. The maximum atomic E-state index is 8.91. The van der Waals surface area contributed by atoms with Gasteiger partial charge in [0.2, 0.25) is 0 Å². The van der Waals surface area contributed by atoms with E-state index in [0.717, 1.165) is 23.2 Å². The number of benzene rings is 1. The van der Waals surface area contributed by atoms with E-state index in [1.807, 2.05) is 31.2 Å². The normalized spacial score (nSPS) is 11.6. The first-order valence-electron chi connectivity index (χ1n) is 5.33. The number of hydrazine groups is 1. The van der Waals surface area contributed by atoms with Crippen LogP contribution < -0.4 is 11.6 Å². The van der Waals surface area contributed by atoms with E-state index in [4.69, 9.17) is 16.7 Å². The highest BCUT2D eigenvalue weighted by Crippen LogP contribution is 2.10. The van der Waals surface area contributed by atoms with Gasteiger partial charge in [-0.2, -0.15) is 0 Å². The Morgan fingerprint density at radius 1 is 1.31 bits per heavy atom. The van der Waals surface area contributed by atoms with Gasteiger partial charge in [0.25, 0.3) is 0 Å². The minimum atomic E-state index is 0.0650. The highest BCUT2D eigenvalue weighted by molar-refractivity contribution is 5.22. The number of allylic oxidation sites excluding steroid dienone is 1. The molecule has 0 radical (unpaired) electrons. The van der Waals surface area contributed by atoms with Gasteiger partial charge in [0.05, 0.1) is 13.2 Å². The maximum Gasteiger partial charge on any atom is 0.0681 e. The molecular formula is C12H19N3O. The Hall–Kier alpha value is -1.52. The Labute approximate surface area is 96.1 Å². The molecule has 0 unspecified atom stereocenters. The van der Waals surface area contributed by atoms with Crippen LogP contribution in [0.2, 0.25) is 0 Å². The van der Waals surface area contributed by atoms with Gasteiger partial charge in [-0.1, -0.05) is 31.2 Å². The molecule has 0 atom stereocenters. The number of nitrogens with zero attached hydrogens (tertiary/aromatic N) is 1. The summed E-state index contributed by atoms with van der Waals surface area (Å²) in [7, 11) is 0. The van der Waals surface area contributed by atoms with Crippen LogP contribution in [0.5, 0.6) is 0 Å². The molecule has 1 aromatic rings. The van der Waals surface area contributed by atoms with Crippen LogP contribution in [0.4, 0.5) is 0 Å². The first kappa shape index (κ1) is 12.5. The summed E-state index contributed by atoms with van der Waals surface area (Å²) in [5, 5.41) is 10.5. The number of hydrogen-bond acceptors (Lipinski definition) is 4. The first-order valence-corrected chi connectivity index (χ1v) is 5.33. The number of aliphatic hydroxyl groups is 1. The monoisotopic (exact) mass is 221 g/mol. The maximum absolute atomic E-state index is 8.91. The molecule has 0 aromatic heterocycles. The van der Waals surface area contributed by atoms with Crippen LogP contribution in [0.3, 0.4) is 0 Å². The van der Waals surface area contributed by atoms with Gasteiger partial charge >= 0.3 is 0 Å². The minimum absolute atomic E-state index is 0.0650. The zero-order chi connectivity index (χ0) is 12.0. The lowest BCUT2D eigenvalue weighted by molar-refractivity contribution is 0.281. The van der Waals surface area contributed by atoms with Crippen LogP contribution in [0.1, 0.15) is 24.5 Å². The molecule has 0 spiro atoms. The smallest absolute Gasteiger partial charge is 0.0681 e. The Morgan fingerprint density at radius 2 is 1.88 bits per heavy atom. The first-order chi connectivity index (χ1) is 7.71. The van der Waals surface area contributed by atoms with Crippen molar-refractivity contribution < 1.29 is 5.11 Å². The van der Waals surface area contributed by atoms with Crippen molar-refractivity contribution in [2.75, 3.05) is 0 Å². The van der Waals surface area contributed by atoms with Gasteiger partial charge in [-0.25, -0.2) is 5.84 Å². The van der Waals surface area contributed by atoms with E-state index >= 15 is 0 Å². The summed E-state index contributed by atoms with van der Waals surface area (Å²) in [4.78, 5) is 0. The molecule has 4 nitrogen and oxygen atoms in total. The molecule has 1 aromatic carbocycles. The molecule has 0 fully saturated rings. The van der Waals surface area contributed by atoms with Crippen molar-refractivity contribution >= 4 is 0 Å². The number of nitrogens with two attached hydrogens (primary N) is 2. The van der Waals surface area contributed by atoms with Crippen LogP contribution >= 0.6 is 0 Å². The fourth-order valence-electron chi connectivity index (χ4n) is 1.47. The van der Waals surface area contributed by atoms with Crippen molar-refractivity contribution in [1.82, 2.24) is 5.01 Å². The van der Waals surface area contributed by atoms with Gasteiger partial charge in [-0.15, -0.1) is 0 Å². The van der Waals surface area contributed by atoms with E-state index in [0.29, 0.717) is 6.54 Å². The predicted octanol–water partition coefficient (Wildman–Crippen LogP) is 1.06. The van der Waals surface area contributed by atoms with E-state index in [1.54, 1.807) is 5.01 Å². The van der Waals surface area contributed by atoms with Crippen molar-refractivity contribution in [2.24, 2.45) is 11.6 Å². The average molecular weight is 221 g/mol. The predicted molar refractivity (Wildman–Crippen MR) is 64.7 cm³/mol. The minimum Gasteiger partial charge on any atom is -0.403 e. The SMILES string of the molecule is CC/C(=C\N)N(N)Cc1ccc(CO)cc1. The summed E-state index contributed by atoms with van der Waals surface area (Å²) in [6, 6.07) is 7.69. The fourth-order valence-corrected chi connectivity index (χ4v) is 1.47. The van der Waals surface area contributed by atoms with Crippen molar-refractivity contribution in [3.63, 3.8) is 0 Å². The lowest BCUT2D eigenvalue weighted by atomic mass is 10.1. The summed E-state index contributed by atoms with van der Waals surface area (Å²) < 4.78 is 0. The third kappa shape index (κ3) is 3.25. The van der Waals surface area contributed by atoms with Gasteiger partial charge in [-0.3, -0.25) is 0 Å². The van der Waals surface area contributed by atoms with Gasteiger partial charge in [-0.05, 0) is 17.5 Å². The zero-order valence-electron chi connectivity index (χ0n) is 9.56. The third-order valence-electron chi connectivity index (χ3n) is 2.48. The van der Waals surface area contributed by atoms with Crippen molar-refractivity contribution in [3.05, 3.63) is 47.3 Å². The van der Waals surface area contributed by atoms with Gasteiger partial charge in [0.15, 0.2) is 0 Å². The molecule has 5 N–H and O–H groups in total. The summed E-state index contributed by atoms with van der Waals surface area (Å²) in [5.74, 6) is 5.88. The summed E-state index contributed by atoms with van der Waals surface area (Å²) >= 11 is 0. The lowest BCUT2D eigenvalue weighted by Crippen LogP contribution is -2.30. The van der Waals surface area contributed by atoms with E-state index in [2.05, 4.69) is 0 Å². The average Bonchev–Trinajstić information content (AvgIpc) is 2.31. The molecule has 0 heterocycles. The van der Waals surface area contributed by atoms with Crippen molar-refractivity contribution in [3.8, 4) is 0 Å². The Morgan fingerprint density at radius 3 is 2.31 bits per heavy atom. The Kier molecular flexibility index (Phi) is 4.82. The molecule has 0 amide bonds.